The van der Waals surface area contributed by atoms with E-state index in [2.05, 4.69) is 29.2 Å². The van der Waals surface area contributed by atoms with Crippen molar-refractivity contribution < 1.29 is 4.79 Å². The number of fused-ring (bicyclic) bond motifs is 5. The van der Waals surface area contributed by atoms with Gasteiger partial charge in [-0.25, -0.2) is 0 Å². The molecule has 2 heteroatoms. The van der Waals surface area contributed by atoms with Crippen molar-refractivity contribution in [3.63, 3.8) is 0 Å². The van der Waals surface area contributed by atoms with Crippen LogP contribution in [0.15, 0.2) is 42.6 Å². The molecule has 2 aromatic carbocycles. The second-order valence-corrected chi connectivity index (χ2v) is 5.11. The van der Waals surface area contributed by atoms with Crippen LogP contribution < -0.4 is 0 Å². The first-order valence-electron chi connectivity index (χ1n) is 6.67. The molecule has 19 heavy (non-hydrogen) atoms. The second kappa shape index (κ2) is 3.89. The summed E-state index contributed by atoms with van der Waals surface area (Å²) in [6.45, 7) is 0. The smallest absolute Gasteiger partial charge is 0.164 e. The number of Topliss-reactive ketones (excluding diaryl/α,β-unsaturated/α-hetero) is 1. The lowest BCUT2D eigenvalue weighted by Gasteiger charge is -2.17. The summed E-state index contributed by atoms with van der Waals surface area (Å²) >= 11 is 0. The zero-order valence-electron chi connectivity index (χ0n) is 10.5. The molecule has 0 radical (unpaired) electrons. The van der Waals surface area contributed by atoms with Crippen LogP contribution in [-0.4, -0.2) is 10.8 Å². The Morgan fingerprint density at radius 1 is 0.947 bits per heavy atom. The van der Waals surface area contributed by atoms with E-state index >= 15 is 0 Å². The predicted molar refractivity (Wildman–Crippen MR) is 76.5 cm³/mol. The normalized spacial score (nSPS) is 14.8. The van der Waals surface area contributed by atoms with Crippen LogP contribution in [-0.2, 0) is 6.42 Å². The molecule has 0 bridgehead atoms. The quantitative estimate of drug-likeness (QED) is 0.564. The van der Waals surface area contributed by atoms with Gasteiger partial charge < -0.3 is 0 Å². The Morgan fingerprint density at radius 3 is 2.79 bits per heavy atom. The maximum Gasteiger partial charge on any atom is 0.164 e. The van der Waals surface area contributed by atoms with Gasteiger partial charge in [0.15, 0.2) is 5.78 Å². The number of nitrogens with zero attached hydrogens (tertiary/aromatic N) is 1. The van der Waals surface area contributed by atoms with Gasteiger partial charge in [0, 0.05) is 29.0 Å². The number of ketones is 1. The van der Waals surface area contributed by atoms with Crippen LogP contribution in [0.1, 0.15) is 28.8 Å². The van der Waals surface area contributed by atoms with Gasteiger partial charge in [0.05, 0.1) is 5.52 Å². The van der Waals surface area contributed by atoms with Gasteiger partial charge in [-0.1, -0.05) is 36.4 Å². The summed E-state index contributed by atoms with van der Waals surface area (Å²) in [4.78, 5) is 16.5. The van der Waals surface area contributed by atoms with Gasteiger partial charge in [0.1, 0.15) is 0 Å². The number of hydrogen-bond donors (Lipinski definition) is 0. The van der Waals surface area contributed by atoms with E-state index in [4.69, 9.17) is 0 Å². The molecule has 0 atom stereocenters. The molecular formula is C17H13NO. The Hall–Kier alpha value is -2.22. The van der Waals surface area contributed by atoms with Crippen LogP contribution in [0.2, 0.25) is 0 Å². The maximum atomic E-state index is 12.0. The summed E-state index contributed by atoms with van der Waals surface area (Å²) in [6.07, 6.45) is 4.37. The molecule has 1 heterocycles. The molecule has 0 saturated heterocycles. The fourth-order valence-corrected chi connectivity index (χ4v) is 3.06. The topological polar surface area (TPSA) is 30.0 Å². The number of benzene rings is 2. The number of aromatic nitrogens is 1. The van der Waals surface area contributed by atoms with E-state index in [0.29, 0.717) is 6.42 Å². The van der Waals surface area contributed by atoms with E-state index in [9.17, 15) is 4.79 Å². The molecule has 0 amide bonds. The third-order valence-corrected chi connectivity index (χ3v) is 4.00. The van der Waals surface area contributed by atoms with Gasteiger partial charge in [-0.3, -0.25) is 9.78 Å². The molecule has 1 aliphatic rings. The molecular weight excluding hydrogens is 234 g/mol. The third kappa shape index (κ3) is 1.49. The Morgan fingerprint density at radius 2 is 1.84 bits per heavy atom. The standard InChI is InChI=1S/C17H13NO/c19-16-7-3-6-13-14-9-8-11-4-1-2-5-12(11)17(14)18-10-15(13)16/h1-2,4-5,8-10H,3,6-7H2. The highest BCUT2D eigenvalue weighted by atomic mass is 16.1. The minimum atomic E-state index is 0.240. The van der Waals surface area contributed by atoms with Crippen molar-refractivity contribution in [3.05, 3.63) is 53.7 Å². The number of rotatable bonds is 0. The van der Waals surface area contributed by atoms with Crippen LogP contribution in [0.25, 0.3) is 21.7 Å². The van der Waals surface area contributed by atoms with E-state index in [1.54, 1.807) is 6.20 Å². The van der Waals surface area contributed by atoms with Gasteiger partial charge in [-0.15, -0.1) is 0 Å². The molecule has 0 saturated carbocycles. The molecule has 0 spiro atoms. The number of hydrogen-bond acceptors (Lipinski definition) is 2. The Kier molecular flexibility index (Phi) is 2.18. The van der Waals surface area contributed by atoms with Crippen LogP contribution in [0.5, 0.6) is 0 Å². The molecule has 0 aliphatic heterocycles. The lowest BCUT2D eigenvalue weighted by atomic mass is 9.88. The van der Waals surface area contributed by atoms with Crippen molar-refractivity contribution in [2.75, 3.05) is 0 Å². The first kappa shape index (κ1) is 10.7. The highest BCUT2D eigenvalue weighted by molar-refractivity contribution is 6.09. The highest BCUT2D eigenvalue weighted by Gasteiger charge is 2.20. The van der Waals surface area contributed by atoms with E-state index < -0.39 is 0 Å². The molecule has 0 unspecified atom stereocenters. The van der Waals surface area contributed by atoms with Gasteiger partial charge in [-0.05, 0) is 23.8 Å². The molecule has 4 rings (SSSR count). The number of pyridine rings is 1. The Labute approximate surface area is 111 Å². The van der Waals surface area contributed by atoms with Crippen LogP contribution in [0.4, 0.5) is 0 Å². The van der Waals surface area contributed by atoms with Gasteiger partial charge in [0.25, 0.3) is 0 Å². The highest BCUT2D eigenvalue weighted by Crippen LogP contribution is 2.31. The number of carbonyl (C=O) groups excluding carboxylic acids is 1. The minimum Gasteiger partial charge on any atom is -0.294 e. The van der Waals surface area contributed by atoms with Crippen molar-refractivity contribution in [2.45, 2.75) is 19.3 Å². The monoisotopic (exact) mass is 247 g/mol. The first-order chi connectivity index (χ1) is 9.34. The molecule has 92 valence electrons. The maximum absolute atomic E-state index is 12.0. The largest absolute Gasteiger partial charge is 0.294 e. The van der Waals surface area contributed by atoms with Gasteiger partial charge in [-0.2, -0.15) is 0 Å². The number of carbonyl (C=O) groups is 1. The summed E-state index contributed by atoms with van der Waals surface area (Å²) < 4.78 is 0. The average molecular weight is 247 g/mol. The lowest BCUT2D eigenvalue weighted by molar-refractivity contribution is 0.0972. The van der Waals surface area contributed by atoms with Crippen LogP contribution in [0.3, 0.4) is 0 Å². The number of aryl methyl sites for hydroxylation is 1. The van der Waals surface area contributed by atoms with Crippen molar-refractivity contribution >= 4 is 27.5 Å². The fourth-order valence-electron chi connectivity index (χ4n) is 3.06. The van der Waals surface area contributed by atoms with Crippen LogP contribution >= 0.6 is 0 Å². The minimum absolute atomic E-state index is 0.240. The van der Waals surface area contributed by atoms with Crippen molar-refractivity contribution in [3.8, 4) is 0 Å². The van der Waals surface area contributed by atoms with Gasteiger partial charge >= 0.3 is 0 Å². The first-order valence-corrected chi connectivity index (χ1v) is 6.67. The van der Waals surface area contributed by atoms with E-state index in [1.165, 1.54) is 16.3 Å². The van der Waals surface area contributed by atoms with Crippen molar-refractivity contribution in [1.82, 2.24) is 4.98 Å². The van der Waals surface area contributed by atoms with Gasteiger partial charge in [0.2, 0.25) is 0 Å². The summed E-state index contributed by atoms with van der Waals surface area (Å²) in [7, 11) is 0. The SMILES string of the molecule is O=C1CCCc2c1cnc1c2ccc2ccccc21. The van der Waals surface area contributed by atoms with Crippen molar-refractivity contribution in [1.29, 1.82) is 0 Å². The Balaban J connectivity index is 2.16. The molecule has 1 aliphatic carbocycles. The second-order valence-electron chi connectivity index (χ2n) is 5.11. The molecule has 3 aromatic rings. The summed E-state index contributed by atoms with van der Waals surface area (Å²) in [6, 6.07) is 12.5. The van der Waals surface area contributed by atoms with Crippen LogP contribution in [0, 0.1) is 0 Å². The molecule has 2 nitrogen and oxygen atoms in total. The zero-order valence-corrected chi connectivity index (χ0v) is 10.5. The van der Waals surface area contributed by atoms with E-state index in [1.807, 2.05) is 12.1 Å². The Bertz CT molecular complexity index is 820. The summed E-state index contributed by atoms with van der Waals surface area (Å²) in [5.74, 6) is 0.240. The summed E-state index contributed by atoms with van der Waals surface area (Å²) in [5.41, 5.74) is 3.03. The molecule has 1 aromatic heterocycles. The predicted octanol–water partition coefficient (Wildman–Crippen LogP) is 3.91. The average Bonchev–Trinajstić information content (AvgIpc) is 2.47. The van der Waals surface area contributed by atoms with E-state index in [0.717, 1.165) is 29.3 Å². The molecule has 0 N–H and O–H groups in total. The third-order valence-electron chi connectivity index (χ3n) is 4.00. The zero-order chi connectivity index (χ0) is 12.8. The fraction of sp³-hybridized carbons (Fsp3) is 0.176. The lowest BCUT2D eigenvalue weighted by Crippen LogP contribution is -2.11. The summed E-state index contributed by atoms with van der Waals surface area (Å²) in [5, 5.41) is 3.51. The van der Waals surface area contributed by atoms with E-state index in [-0.39, 0.29) is 5.78 Å². The van der Waals surface area contributed by atoms with Crippen molar-refractivity contribution in [2.24, 2.45) is 0 Å². The molecule has 0 fully saturated rings.